The molecule has 0 unspecified atom stereocenters. The highest BCUT2D eigenvalue weighted by atomic mass is 16.5. The average Bonchev–Trinajstić information content (AvgIpc) is 2.80. The lowest BCUT2D eigenvalue weighted by molar-refractivity contribution is 0.0575. The van der Waals surface area contributed by atoms with Gasteiger partial charge in [0.1, 0.15) is 11.4 Å². The van der Waals surface area contributed by atoms with E-state index in [1.54, 1.807) is 38.1 Å². The van der Waals surface area contributed by atoms with Crippen molar-refractivity contribution >= 4 is 5.97 Å². The molecule has 0 bridgehead atoms. The molecule has 2 N–H and O–H groups in total. The van der Waals surface area contributed by atoms with Crippen LogP contribution in [0.15, 0.2) is 24.3 Å². The number of methoxy groups -OCH3 is 1. The molecule has 2 rings (SSSR count). The molecule has 1 aromatic carbocycles. The van der Waals surface area contributed by atoms with Gasteiger partial charge in [-0.05, 0) is 26.0 Å². The minimum Gasteiger partial charge on any atom is -0.496 e. The first-order valence-electron chi connectivity index (χ1n) is 6.36. The van der Waals surface area contributed by atoms with E-state index in [9.17, 15) is 15.0 Å². The quantitative estimate of drug-likeness (QED) is 0.864. The Kier molecular flexibility index (Phi) is 3.95. The van der Waals surface area contributed by atoms with Gasteiger partial charge in [-0.1, -0.05) is 17.3 Å². The van der Waals surface area contributed by atoms with Crippen LogP contribution in [0.25, 0.3) is 11.3 Å². The van der Waals surface area contributed by atoms with E-state index in [1.807, 2.05) is 0 Å². The van der Waals surface area contributed by atoms with E-state index >= 15 is 0 Å². The maximum atomic E-state index is 11.4. The zero-order valence-electron chi connectivity index (χ0n) is 12.1. The molecule has 21 heavy (non-hydrogen) atoms. The Hall–Kier alpha value is -2.41. The fourth-order valence-electron chi connectivity index (χ4n) is 2.04. The van der Waals surface area contributed by atoms with Crippen LogP contribution in [0, 0.1) is 0 Å². The van der Waals surface area contributed by atoms with E-state index in [2.05, 4.69) is 10.3 Å². The minimum atomic E-state index is -1.18. The average molecular weight is 291 g/mol. The monoisotopic (exact) mass is 291 g/mol. The van der Waals surface area contributed by atoms with Crippen molar-refractivity contribution in [1.29, 1.82) is 0 Å². The smallest absolute Gasteiger partial charge is 0.358 e. The van der Waals surface area contributed by atoms with Gasteiger partial charge in [-0.3, -0.25) is 0 Å². The third kappa shape index (κ3) is 3.19. The number of hydrogen-bond donors (Lipinski definition) is 2. The maximum absolute atomic E-state index is 11.4. The summed E-state index contributed by atoms with van der Waals surface area (Å²) < 4.78 is 6.64. The molecular weight excluding hydrogens is 274 g/mol. The molecule has 0 saturated heterocycles. The number of ether oxygens (including phenoxy) is 1. The minimum absolute atomic E-state index is 0.112. The molecule has 0 radical (unpaired) electrons. The first kappa shape index (κ1) is 15.0. The summed E-state index contributed by atoms with van der Waals surface area (Å²) in [5, 5.41) is 26.8. The van der Waals surface area contributed by atoms with Gasteiger partial charge in [-0.25, -0.2) is 9.48 Å². The molecular formula is C14H17N3O4. The second-order valence-corrected chi connectivity index (χ2v) is 5.26. The molecule has 7 heteroatoms. The van der Waals surface area contributed by atoms with Crippen molar-refractivity contribution < 1.29 is 19.7 Å². The summed E-state index contributed by atoms with van der Waals surface area (Å²) in [6.45, 7) is 3.34. The van der Waals surface area contributed by atoms with Gasteiger partial charge < -0.3 is 14.9 Å². The van der Waals surface area contributed by atoms with Crippen LogP contribution in [0.2, 0.25) is 0 Å². The van der Waals surface area contributed by atoms with Crippen LogP contribution >= 0.6 is 0 Å². The third-order valence-corrected chi connectivity index (χ3v) is 2.84. The molecule has 0 aliphatic heterocycles. The van der Waals surface area contributed by atoms with Gasteiger partial charge in [0.15, 0.2) is 5.69 Å². The Morgan fingerprint density at radius 1 is 1.38 bits per heavy atom. The summed E-state index contributed by atoms with van der Waals surface area (Å²) >= 11 is 0. The molecule has 0 fully saturated rings. The molecule has 0 atom stereocenters. The number of benzene rings is 1. The molecule has 0 aliphatic rings. The van der Waals surface area contributed by atoms with Crippen LogP contribution in [0.1, 0.15) is 24.3 Å². The van der Waals surface area contributed by atoms with Crippen LogP contribution in [-0.2, 0) is 6.54 Å². The fourth-order valence-corrected chi connectivity index (χ4v) is 2.04. The van der Waals surface area contributed by atoms with Gasteiger partial charge in [0, 0.05) is 5.56 Å². The predicted molar refractivity (Wildman–Crippen MR) is 75.3 cm³/mol. The maximum Gasteiger partial charge on any atom is 0.358 e. The van der Waals surface area contributed by atoms with Crippen molar-refractivity contribution in [3.05, 3.63) is 30.0 Å². The lowest BCUT2D eigenvalue weighted by Crippen LogP contribution is -2.27. The van der Waals surface area contributed by atoms with Crippen molar-refractivity contribution in [1.82, 2.24) is 15.0 Å². The lowest BCUT2D eigenvalue weighted by atomic mass is 10.1. The molecule has 2 aromatic rings. The Morgan fingerprint density at radius 2 is 2.05 bits per heavy atom. The van der Waals surface area contributed by atoms with E-state index < -0.39 is 11.6 Å². The highest BCUT2D eigenvalue weighted by Crippen LogP contribution is 2.31. The Balaban J connectivity index is 2.64. The van der Waals surface area contributed by atoms with Crippen molar-refractivity contribution in [2.75, 3.05) is 7.11 Å². The van der Waals surface area contributed by atoms with Crippen molar-refractivity contribution in [2.45, 2.75) is 26.0 Å². The third-order valence-electron chi connectivity index (χ3n) is 2.84. The number of nitrogens with zero attached hydrogens (tertiary/aromatic N) is 3. The van der Waals surface area contributed by atoms with Crippen LogP contribution < -0.4 is 4.74 Å². The summed E-state index contributed by atoms with van der Waals surface area (Å²) in [7, 11) is 1.50. The molecule has 1 heterocycles. The molecule has 112 valence electrons. The normalized spacial score (nSPS) is 11.4. The summed E-state index contributed by atoms with van der Waals surface area (Å²) in [4.78, 5) is 11.4. The number of carbonyl (C=O) groups is 1. The summed E-state index contributed by atoms with van der Waals surface area (Å²) in [6.07, 6.45) is 0. The van der Waals surface area contributed by atoms with Crippen LogP contribution in [0.3, 0.4) is 0 Å². The number of carboxylic acids is 1. The fraction of sp³-hybridized carbons (Fsp3) is 0.357. The highest BCUT2D eigenvalue weighted by molar-refractivity contribution is 5.93. The van der Waals surface area contributed by atoms with Crippen LogP contribution in [0.4, 0.5) is 0 Å². The standard InChI is InChI=1S/C14H17N3O4/c1-14(2,20)8-17-12(11(13(18)19)15-16-17)9-6-4-5-7-10(9)21-3/h4-7,20H,8H2,1-3H3,(H,18,19). The number of aliphatic hydroxyl groups is 1. The molecule has 0 saturated carbocycles. The molecule has 1 aromatic heterocycles. The molecule has 7 nitrogen and oxygen atoms in total. The highest BCUT2D eigenvalue weighted by Gasteiger charge is 2.26. The van der Waals surface area contributed by atoms with E-state index in [0.29, 0.717) is 17.0 Å². The Bertz CT molecular complexity index is 658. The van der Waals surface area contributed by atoms with E-state index in [0.717, 1.165) is 0 Å². The predicted octanol–water partition coefficient (Wildman–Crippen LogP) is 1.42. The number of para-hydroxylation sites is 1. The first-order chi connectivity index (χ1) is 9.83. The number of hydrogen-bond acceptors (Lipinski definition) is 5. The molecule has 0 spiro atoms. The van der Waals surface area contributed by atoms with E-state index in [1.165, 1.54) is 11.8 Å². The second-order valence-electron chi connectivity index (χ2n) is 5.26. The number of carboxylic acid groups (broad SMARTS) is 1. The van der Waals surface area contributed by atoms with Crippen molar-refractivity contribution in [2.24, 2.45) is 0 Å². The largest absolute Gasteiger partial charge is 0.496 e. The Labute approximate surface area is 121 Å². The summed E-state index contributed by atoms with van der Waals surface area (Å²) in [5.41, 5.74) is -0.363. The lowest BCUT2D eigenvalue weighted by Gasteiger charge is -2.18. The van der Waals surface area contributed by atoms with E-state index in [-0.39, 0.29) is 12.2 Å². The molecule has 0 amide bonds. The van der Waals surface area contributed by atoms with Gasteiger partial charge >= 0.3 is 5.97 Å². The summed E-state index contributed by atoms with van der Waals surface area (Å²) in [6, 6.07) is 7.00. The van der Waals surface area contributed by atoms with Crippen LogP contribution in [-0.4, -0.2) is 43.9 Å². The van der Waals surface area contributed by atoms with E-state index in [4.69, 9.17) is 4.74 Å². The zero-order valence-corrected chi connectivity index (χ0v) is 12.1. The SMILES string of the molecule is COc1ccccc1-c1c(C(=O)O)nnn1CC(C)(C)O. The summed E-state index contributed by atoms with van der Waals surface area (Å²) in [5.74, 6) is -0.669. The van der Waals surface area contributed by atoms with Gasteiger partial charge in [-0.2, -0.15) is 0 Å². The Morgan fingerprint density at radius 3 is 2.62 bits per heavy atom. The number of rotatable bonds is 5. The number of aromatic nitrogens is 3. The van der Waals surface area contributed by atoms with Gasteiger partial charge in [0.05, 0.1) is 19.3 Å². The molecule has 0 aliphatic carbocycles. The van der Waals surface area contributed by atoms with Gasteiger partial charge in [0.25, 0.3) is 0 Å². The topological polar surface area (TPSA) is 97.5 Å². The van der Waals surface area contributed by atoms with Crippen molar-refractivity contribution in [3.8, 4) is 17.0 Å². The first-order valence-corrected chi connectivity index (χ1v) is 6.36. The van der Waals surface area contributed by atoms with Crippen molar-refractivity contribution in [3.63, 3.8) is 0 Å². The zero-order chi connectivity index (χ0) is 15.6. The van der Waals surface area contributed by atoms with Gasteiger partial charge in [-0.15, -0.1) is 5.10 Å². The van der Waals surface area contributed by atoms with Crippen LogP contribution in [0.5, 0.6) is 5.75 Å². The second kappa shape index (κ2) is 5.53. The number of aromatic carboxylic acids is 1. The van der Waals surface area contributed by atoms with Gasteiger partial charge in [0.2, 0.25) is 0 Å².